The summed E-state index contributed by atoms with van der Waals surface area (Å²) < 4.78 is 14.9. The highest BCUT2D eigenvalue weighted by Crippen LogP contribution is 2.25. The Hall–Kier alpha value is -5.42. The van der Waals surface area contributed by atoms with Crippen LogP contribution in [0.5, 0.6) is 0 Å². The van der Waals surface area contributed by atoms with Crippen molar-refractivity contribution in [3.8, 4) is 0 Å². The fourth-order valence-corrected chi connectivity index (χ4v) is 7.02. The van der Waals surface area contributed by atoms with Crippen LogP contribution in [0.3, 0.4) is 0 Å². The minimum atomic E-state index is -1.37. The molecule has 2 aromatic heterocycles. The van der Waals surface area contributed by atoms with Gasteiger partial charge in [-0.05, 0) is 43.2 Å². The lowest BCUT2D eigenvalue weighted by atomic mass is 10.0. The van der Waals surface area contributed by atoms with Crippen molar-refractivity contribution in [2.45, 2.75) is 56.9 Å². The van der Waals surface area contributed by atoms with Gasteiger partial charge in [0.05, 0.1) is 18.5 Å². The second-order valence-corrected chi connectivity index (χ2v) is 13.3. The third kappa shape index (κ3) is 8.67. The first-order valence-electron chi connectivity index (χ1n) is 16.2. The van der Waals surface area contributed by atoms with Gasteiger partial charge < -0.3 is 47.0 Å². The molecule has 270 valence electrons. The average Bonchev–Trinajstić information content (AvgIpc) is 3.85. The van der Waals surface area contributed by atoms with Crippen LogP contribution in [0.25, 0.3) is 21.8 Å². The lowest BCUT2D eigenvalue weighted by Gasteiger charge is -2.27. The molecule has 0 aliphatic carbocycles. The third-order valence-corrected chi connectivity index (χ3v) is 9.57. The van der Waals surface area contributed by atoms with Crippen LogP contribution in [-0.2, 0) is 41.6 Å². The van der Waals surface area contributed by atoms with Crippen molar-refractivity contribution in [2.24, 2.45) is 5.73 Å². The monoisotopic (exact) mass is 722 g/mol. The number of fused-ring (bicyclic) bond motifs is 2. The van der Waals surface area contributed by atoms with Crippen LogP contribution >= 0.6 is 11.8 Å². The molecule has 0 saturated carbocycles. The number of aromatic nitrogens is 2. The zero-order valence-corrected chi connectivity index (χ0v) is 28.6. The predicted octanol–water partition coefficient (Wildman–Crippen LogP) is 0.497. The lowest BCUT2D eigenvalue weighted by Crippen LogP contribution is -2.58. The Bertz CT molecular complexity index is 1960. The van der Waals surface area contributed by atoms with Crippen molar-refractivity contribution in [1.82, 2.24) is 36.1 Å². The van der Waals surface area contributed by atoms with Crippen LogP contribution < -0.4 is 27.0 Å². The Morgan fingerprint density at radius 3 is 2.33 bits per heavy atom. The first-order chi connectivity index (χ1) is 24.3. The van der Waals surface area contributed by atoms with Crippen LogP contribution in [0.4, 0.5) is 4.39 Å². The summed E-state index contributed by atoms with van der Waals surface area (Å²) in [6.07, 6.45) is 3.00. The molecule has 1 fully saturated rings. The molecule has 0 spiro atoms. The van der Waals surface area contributed by atoms with E-state index in [-0.39, 0.29) is 29.9 Å². The number of thioether (sulfide) groups is 1. The molecular formula is C34H39FN8O7S. The fraction of sp³-hybridized carbons (Fsp3) is 0.353. The maximum atomic E-state index is 14.9. The number of H-pyrrole nitrogens is 2. The van der Waals surface area contributed by atoms with E-state index in [1.165, 1.54) is 48.8 Å². The van der Waals surface area contributed by atoms with Gasteiger partial charge >= 0.3 is 5.97 Å². The normalized spacial score (nSPS) is 16.6. The molecule has 1 aliphatic heterocycles. The second kappa shape index (κ2) is 16.1. The molecule has 17 heteroatoms. The summed E-state index contributed by atoms with van der Waals surface area (Å²) in [4.78, 5) is 85.2. The van der Waals surface area contributed by atoms with E-state index < -0.39 is 78.1 Å². The van der Waals surface area contributed by atoms with Crippen molar-refractivity contribution in [3.63, 3.8) is 0 Å². The van der Waals surface area contributed by atoms with E-state index in [9.17, 15) is 33.2 Å². The first-order valence-corrected chi connectivity index (χ1v) is 17.3. The Labute approximate surface area is 295 Å². The van der Waals surface area contributed by atoms with E-state index in [0.29, 0.717) is 16.6 Å². The number of rotatable bonds is 14. The van der Waals surface area contributed by atoms with Crippen LogP contribution in [-0.4, -0.2) is 104 Å². The molecule has 5 amide bonds. The van der Waals surface area contributed by atoms with Gasteiger partial charge in [-0.2, -0.15) is 0 Å². The molecule has 1 saturated heterocycles. The number of nitrogens with zero attached hydrogens (tertiary/aromatic N) is 1. The van der Waals surface area contributed by atoms with Crippen molar-refractivity contribution < 1.29 is 38.3 Å². The molecule has 0 bridgehead atoms. The van der Waals surface area contributed by atoms with Crippen LogP contribution in [0.15, 0.2) is 54.9 Å². The quantitative estimate of drug-likeness (QED) is 0.0905. The number of aliphatic carboxylic acids is 1. The zero-order chi connectivity index (χ0) is 36.8. The zero-order valence-electron chi connectivity index (χ0n) is 27.8. The summed E-state index contributed by atoms with van der Waals surface area (Å²) in [5.41, 5.74) is 8.13. The number of benzene rings is 2. The van der Waals surface area contributed by atoms with E-state index >= 15 is 0 Å². The highest BCUT2D eigenvalue weighted by molar-refractivity contribution is 7.99. The number of hydrogen-bond acceptors (Lipinski definition) is 8. The van der Waals surface area contributed by atoms with Crippen molar-refractivity contribution >= 4 is 69.1 Å². The molecule has 51 heavy (non-hydrogen) atoms. The summed E-state index contributed by atoms with van der Waals surface area (Å²) in [5, 5.41) is 20.2. The number of aromatic amines is 2. The molecular weight excluding hydrogens is 683 g/mol. The van der Waals surface area contributed by atoms with Gasteiger partial charge in [0.25, 0.3) is 0 Å². The largest absolute Gasteiger partial charge is 0.480 e. The Balaban J connectivity index is 1.42. The van der Waals surface area contributed by atoms with Crippen LogP contribution in [0.1, 0.15) is 25.0 Å². The number of carbonyl (C=O) groups excluding carboxylic acids is 5. The number of carbonyl (C=O) groups is 6. The van der Waals surface area contributed by atoms with E-state index in [0.717, 1.165) is 10.9 Å². The minimum Gasteiger partial charge on any atom is -0.480 e. The molecule has 5 rings (SSSR count). The van der Waals surface area contributed by atoms with Crippen LogP contribution in [0.2, 0.25) is 0 Å². The second-order valence-electron chi connectivity index (χ2n) is 12.3. The van der Waals surface area contributed by atoms with Gasteiger partial charge in [0.2, 0.25) is 29.5 Å². The summed E-state index contributed by atoms with van der Waals surface area (Å²) in [7, 11) is 0. The van der Waals surface area contributed by atoms with E-state index in [2.05, 4.69) is 31.2 Å². The van der Waals surface area contributed by atoms with Gasteiger partial charge in [-0.15, -0.1) is 11.8 Å². The molecule has 3 heterocycles. The van der Waals surface area contributed by atoms with Gasteiger partial charge in [-0.3, -0.25) is 28.8 Å². The lowest BCUT2D eigenvalue weighted by molar-refractivity contribution is -0.141. The maximum Gasteiger partial charge on any atom is 0.325 e. The number of nitrogens with two attached hydrogens (primary N) is 1. The molecule has 4 aromatic rings. The molecule has 0 unspecified atom stereocenters. The first kappa shape index (κ1) is 36.9. The molecule has 2 aromatic carbocycles. The van der Waals surface area contributed by atoms with Crippen molar-refractivity contribution in [3.05, 3.63) is 71.8 Å². The Kier molecular flexibility index (Phi) is 11.6. The number of nitrogens with one attached hydrogen (secondary N) is 6. The third-order valence-electron chi connectivity index (χ3n) is 8.55. The highest BCUT2D eigenvalue weighted by Gasteiger charge is 2.38. The number of halogens is 1. The molecule has 15 nitrogen and oxygen atoms in total. The van der Waals surface area contributed by atoms with Gasteiger partial charge in [-0.25, -0.2) is 4.39 Å². The number of hydrogen-bond donors (Lipinski definition) is 8. The van der Waals surface area contributed by atoms with Gasteiger partial charge in [0.15, 0.2) is 0 Å². The van der Waals surface area contributed by atoms with E-state index in [4.69, 9.17) is 10.8 Å². The number of amides is 5. The SMILES string of the molecule is C[C@@H](N)C(=O)N1CSC[C@H]1C(=O)N[C@@H](Cc1c[nH]c2ccccc12)C(=O)N[C@@H](Cc1c[nH]c2cccc(F)c12)C(=O)NCC(=O)N[C@H](C)C(=O)O. The smallest absolute Gasteiger partial charge is 0.325 e. The molecule has 0 radical (unpaired) electrons. The topological polar surface area (TPSA) is 232 Å². The Morgan fingerprint density at radius 2 is 1.59 bits per heavy atom. The Morgan fingerprint density at radius 1 is 0.922 bits per heavy atom. The summed E-state index contributed by atoms with van der Waals surface area (Å²) in [5.74, 6) is -4.65. The molecule has 1 aliphatic rings. The van der Waals surface area contributed by atoms with Crippen LogP contribution in [0, 0.1) is 5.82 Å². The van der Waals surface area contributed by atoms with Gasteiger partial charge in [-0.1, -0.05) is 24.3 Å². The number of para-hydroxylation sites is 1. The number of carboxylic acids is 1. The minimum absolute atomic E-state index is 0.00573. The van der Waals surface area contributed by atoms with E-state index in [1.54, 1.807) is 12.3 Å². The summed E-state index contributed by atoms with van der Waals surface area (Å²) >= 11 is 1.37. The van der Waals surface area contributed by atoms with Gasteiger partial charge in [0.1, 0.15) is 30.0 Å². The van der Waals surface area contributed by atoms with Crippen molar-refractivity contribution in [2.75, 3.05) is 18.2 Å². The summed E-state index contributed by atoms with van der Waals surface area (Å²) in [6, 6.07) is 6.23. The van der Waals surface area contributed by atoms with Gasteiger partial charge in [0, 0.05) is 52.8 Å². The summed E-state index contributed by atoms with van der Waals surface area (Å²) in [6.45, 7) is 2.17. The molecule has 9 N–H and O–H groups in total. The number of carboxylic acid groups (broad SMARTS) is 1. The van der Waals surface area contributed by atoms with E-state index in [1.807, 2.05) is 24.3 Å². The maximum absolute atomic E-state index is 14.9. The molecule has 5 atom stereocenters. The average molecular weight is 723 g/mol. The predicted molar refractivity (Wildman–Crippen MR) is 188 cm³/mol. The fourth-order valence-electron chi connectivity index (χ4n) is 5.85. The highest BCUT2D eigenvalue weighted by atomic mass is 32.2. The standard InChI is InChI=1S/C34H39FN8O7S/c1-17(36)33(48)43-16-51-15-27(43)32(47)42-26(10-19-12-37-23-8-4-3-6-21(19)23)31(46)41-25(30(45)39-14-28(44)40-18(2)34(49)50)11-20-13-38-24-9-5-7-22(35)29(20)24/h3-9,12-13,17-18,25-27,37-38H,10-11,14-16,36H2,1-2H3,(H,39,45)(H,40,44)(H,41,46)(H,42,47)(H,49,50)/t17-,18-,25+,26+,27+/m1/s1. The van der Waals surface area contributed by atoms with Crippen molar-refractivity contribution in [1.29, 1.82) is 0 Å².